The topological polar surface area (TPSA) is 66.8 Å². The second-order valence-corrected chi connectivity index (χ2v) is 4.39. The molecule has 1 amide bonds. The molecule has 0 bridgehead atoms. The number of benzene rings is 1. The lowest BCUT2D eigenvalue weighted by molar-refractivity contribution is 0.0595. The number of methoxy groups -OCH3 is 1. The molecule has 1 aliphatic rings. The van der Waals surface area contributed by atoms with Gasteiger partial charge >= 0.3 is 12.1 Å². The first-order valence-corrected chi connectivity index (χ1v) is 6.08. The molecule has 1 aliphatic heterocycles. The Kier molecular flexibility index (Phi) is 4.02. The quantitative estimate of drug-likeness (QED) is 0.844. The summed E-state index contributed by atoms with van der Waals surface area (Å²) in [5, 5.41) is 8.87. The highest BCUT2D eigenvalue weighted by Crippen LogP contribution is 2.24. The van der Waals surface area contributed by atoms with E-state index in [1.165, 1.54) is 24.1 Å². The fraction of sp³-hybridized carbons (Fsp3) is 0.286. The Morgan fingerprint density at radius 3 is 2.70 bits per heavy atom. The largest absolute Gasteiger partial charge is 0.465 e. The van der Waals surface area contributed by atoms with Crippen molar-refractivity contribution in [3.63, 3.8) is 0 Å². The second kappa shape index (κ2) is 5.73. The summed E-state index contributed by atoms with van der Waals surface area (Å²) in [6, 6.07) is 4.22. The standard InChI is InChI=1S/C14H14FNO4/c1-20-13(17)11-8-10(2-3-12(11)15)9-4-6-16(7-5-9)14(18)19/h2-4,8H,5-7H2,1H3,(H,18,19). The van der Waals surface area contributed by atoms with Crippen LogP contribution in [0.4, 0.5) is 9.18 Å². The Hall–Kier alpha value is -2.37. The molecule has 0 spiro atoms. The maximum atomic E-state index is 13.5. The van der Waals surface area contributed by atoms with E-state index in [2.05, 4.69) is 4.74 Å². The average Bonchev–Trinajstić information content (AvgIpc) is 2.47. The van der Waals surface area contributed by atoms with Crippen molar-refractivity contribution in [3.8, 4) is 0 Å². The van der Waals surface area contributed by atoms with Gasteiger partial charge in [0.25, 0.3) is 0 Å². The highest BCUT2D eigenvalue weighted by Gasteiger charge is 2.19. The van der Waals surface area contributed by atoms with E-state index >= 15 is 0 Å². The number of hydrogen-bond donors (Lipinski definition) is 1. The monoisotopic (exact) mass is 279 g/mol. The van der Waals surface area contributed by atoms with E-state index in [1.54, 1.807) is 12.1 Å². The fourth-order valence-corrected chi connectivity index (χ4v) is 2.10. The Morgan fingerprint density at radius 1 is 1.40 bits per heavy atom. The number of carbonyl (C=O) groups is 2. The summed E-state index contributed by atoms with van der Waals surface area (Å²) in [7, 11) is 1.19. The van der Waals surface area contributed by atoms with Gasteiger partial charge in [-0.2, -0.15) is 0 Å². The van der Waals surface area contributed by atoms with Gasteiger partial charge in [-0.05, 0) is 29.7 Å². The van der Waals surface area contributed by atoms with Crippen LogP contribution in [0.25, 0.3) is 5.57 Å². The summed E-state index contributed by atoms with van der Waals surface area (Å²) in [5.74, 6) is -1.36. The Labute approximate surface area is 115 Å². The van der Waals surface area contributed by atoms with E-state index in [4.69, 9.17) is 5.11 Å². The summed E-state index contributed by atoms with van der Waals surface area (Å²) >= 11 is 0. The van der Waals surface area contributed by atoms with Gasteiger partial charge in [-0.1, -0.05) is 12.1 Å². The molecule has 0 unspecified atom stereocenters. The maximum absolute atomic E-state index is 13.5. The Balaban J connectivity index is 2.26. The van der Waals surface area contributed by atoms with Crippen molar-refractivity contribution in [2.75, 3.05) is 20.2 Å². The van der Waals surface area contributed by atoms with Gasteiger partial charge in [0.05, 0.1) is 12.7 Å². The number of ether oxygens (including phenoxy) is 1. The molecule has 6 heteroatoms. The second-order valence-electron chi connectivity index (χ2n) is 4.39. The van der Waals surface area contributed by atoms with E-state index < -0.39 is 17.9 Å². The molecular weight excluding hydrogens is 265 g/mol. The number of carboxylic acid groups (broad SMARTS) is 1. The van der Waals surface area contributed by atoms with Gasteiger partial charge in [-0.3, -0.25) is 0 Å². The van der Waals surface area contributed by atoms with Crippen LogP contribution in [0.3, 0.4) is 0 Å². The summed E-state index contributed by atoms with van der Waals surface area (Å²) in [6.45, 7) is 0.668. The van der Waals surface area contributed by atoms with Crippen molar-refractivity contribution in [1.82, 2.24) is 4.90 Å². The molecule has 2 rings (SSSR count). The van der Waals surface area contributed by atoms with E-state index in [-0.39, 0.29) is 12.1 Å². The summed E-state index contributed by atoms with van der Waals surface area (Å²) in [6.07, 6.45) is 1.33. The molecule has 5 nitrogen and oxygen atoms in total. The van der Waals surface area contributed by atoms with Crippen LogP contribution < -0.4 is 0 Å². The number of carbonyl (C=O) groups excluding carboxylic acids is 1. The molecule has 0 radical (unpaired) electrons. The lowest BCUT2D eigenvalue weighted by Crippen LogP contribution is -2.33. The number of hydrogen-bond acceptors (Lipinski definition) is 3. The predicted molar refractivity (Wildman–Crippen MR) is 69.9 cm³/mol. The van der Waals surface area contributed by atoms with Crippen LogP contribution in [0.2, 0.25) is 0 Å². The molecule has 1 aromatic rings. The van der Waals surface area contributed by atoms with Crippen molar-refractivity contribution < 1.29 is 23.8 Å². The summed E-state index contributed by atoms with van der Waals surface area (Å²) in [5.41, 5.74) is 1.48. The molecular formula is C14H14FNO4. The van der Waals surface area contributed by atoms with Gasteiger partial charge in [-0.15, -0.1) is 0 Å². The molecule has 0 atom stereocenters. The third kappa shape index (κ3) is 2.79. The first kappa shape index (κ1) is 14.0. The van der Waals surface area contributed by atoms with E-state index in [9.17, 15) is 14.0 Å². The average molecular weight is 279 g/mol. The lowest BCUT2D eigenvalue weighted by Gasteiger charge is -2.24. The summed E-state index contributed by atoms with van der Waals surface area (Å²) < 4.78 is 18.1. The normalized spacial score (nSPS) is 14.7. The molecule has 0 aliphatic carbocycles. The van der Waals surface area contributed by atoms with Crippen LogP contribution in [0.1, 0.15) is 22.3 Å². The zero-order chi connectivity index (χ0) is 14.7. The highest BCUT2D eigenvalue weighted by molar-refractivity contribution is 5.91. The molecule has 1 N–H and O–H groups in total. The van der Waals surface area contributed by atoms with E-state index in [0.717, 1.165) is 5.57 Å². The minimum absolute atomic E-state index is 0.119. The third-order valence-electron chi connectivity index (χ3n) is 3.22. The summed E-state index contributed by atoms with van der Waals surface area (Å²) in [4.78, 5) is 23.5. The smallest absolute Gasteiger partial charge is 0.407 e. The number of rotatable bonds is 2. The van der Waals surface area contributed by atoms with Gasteiger partial charge in [0.2, 0.25) is 0 Å². The number of nitrogens with zero attached hydrogens (tertiary/aromatic N) is 1. The van der Waals surface area contributed by atoms with Gasteiger partial charge < -0.3 is 14.7 Å². The lowest BCUT2D eigenvalue weighted by atomic mass is 9.97. The minimum Gasteiger partial charge on any atom is -0.465 e. The molecule has 0 fully saturated rings. The number of halogens is 1. The molecule has 0 aromatic heterocycles. The third-order valence-corrected chi connectivity index (χ3v) is 3.22. The molecule has 0 saturated heterocycles. The molecule has 20 heavy (non-hydrogen) atoms. The van der Waals surface area contributed by atoms with Gasteiger partial charge in [0.1, 0.15) is 5.82 Å². The van der Waals surface area contributed by atoms with Gasteiger partial charge in [0, 0.05) is 13.1 Å². The first-order chi connectivity index (χ1) is 9.52. The Bertz CT molecular complexity index is 583. The van der Waals surface area contributed by atoms with Crippen LogP contribution in [0, 0.1) is 5.82 Å². The molecule has 1 aromatic carbocycles. The van der Waals surface area contributed by atoms with Crippen molar-refractivity contribution in [1.29, 1.82) is 0 Å². The highest BCUT2D eigenvalue weighted by atomic mass is 19.1. The van der Waals surface area contributed by atoms with Gasteiger partial charge in [0.15, 0.2) is 0 Å². The van der Waals surface area contributed by atoms with Gasteiger partial charge in [-0.25, -0.2) is 14.0 Å². The molecule has 106 valence electrons. The van der Waals surface area contributed by atoms with E-state index in [0.29, 0.717) is 18.5 Å². The number of amides is 1. The maximum Gasteiger partial charge on any atom is 0.407 e. The Morgan fingerprint density at radius 2 is 2.15 bits per heavy atom. The van der Waals surface area contributed by atoms with Crippen LogP contribution in [-0.4, -0.2) is 42.3 Å². The minimum atomic E-state index is -0.963. The van der Waals surface area contributed by atoms with Crippen LogP contribution in [-0.2, 0) is 4.74 Å². The van der Waals surface area contributed by atoms with Crippen molar-refractivity contribution >= 4 is 17.6 Å². The first-order valence-electron chi connectivity index (χ1n) is 6.08. The number of esters is 1. The predicted octanol–water partition coefficient (Wildman–Crippen LogP) is 2.38. The zero-order valence-corrected chi connectivity index (χ0v) is 10.9. The molecule has 1 heterocycles. The SMILES string of the molecule is COC(=O)c1cc(C2=CCN(C(=O)O)CC2)ccc1F. The van der Waals surface area contributed by atoms with Crippen LogP contribution in [0.15, 0.2) is 24.3 Å². The zero-order valence-electron chi connectivity index (χ0n) is 10.9. The van der Waals surface area contributed by atoms with Crippen molar-refractivity contribution in [3.05, 3.63) is 41.2 Å². The van der Waals surface area contributed by atoms with Crippen LogP contribution >= 0.6 is 0 Å². The van der Waals surface area contributed by atoms with Crippen molar-refractivity contribution in [2.24, 2.45) is 0 Å². The van der Waals surface area contributed by atoms with E-state index in [1.807, 2.05) is 0 Å². The fourth-order valence-electron chi connectivity index (χ4n) is 2.10. The van der Waals surface area contributed by atoms with Crippen LogP contribution in [0.5, 0.6) is 0 Å². The molecule has 0 saturated carbocycles. The van der Waals surface area contributed by atoms with Crippen molar-refractivity contribution in [2.45, 2.75) is 6.42 Å².